The van der Waals surface area contributed by atoms with Gasteiger partial charge in [-0.2, -0.15) is 0 Å². The minimum atomic E-state index is 0.144. The van der Waals surface area contributed by atoms with Crippen molar-refractivity contribution >= 4 is 5.91 Å². The fraction of sp³-hybridized carbons (Fsp3) is 0.929. The summed E-state index contributed by atoms with van der Waals surface area (Å²) in [5.74, 6) is 0.665. The van der Waals surface area contributed by atoms with Gasteiger partial charge in [0.2, 0.25) is 5.91 Å². The van der Waals surface area contributed by atoms with E-state index in [-0.39, 0.29) is 5.91 Å². The van der Waals surface area contributed by atoms with Gasteiger partial charge in [0.15, 0.2) is 0 Å². The Labute approximate surface area is 111 Å². The van der Waals surface area contributed by atoms with Crippen LogP contribution in [0.2, 0.25) is 0 Å². The van der Waals surface area contributed by atoms with Crippen LogP contribution in [0.3, 0.4) is 0 Å². The molecular formula is C14H29N3O. The van der Waals surface area contributed by atoms with Crippen molar-refractivity contribution in [3.05, 3.63) is 0 Å². The third kappa shape index (κ3) is 6.97. The Hall–Kier alpha value is -0.610. The number of hydrogen-bond acceptors (Lipinski definition) is 3. The lowest BCUT2D eigenvalue weighted by Gasteiger charge is -2.18. The SMILES string of the molecule is CC(C)CNC(=O)CN(C)CCCC1CCCN1. The molecule has 0 bridgehead atoms. The monoisotopic (exact) mass is 255 g/mol. The van der Waals surface area contributed by atoms with Crippen LogP contribution in [0.4, 0.5) is 0 Å². The normalized spacial score (nSPS) is 19.7. The average molecular weight is 255 g/mol. The summed E-state index contributed by atoms with van der Waals surface area (Å²) >= 11 is 0. The molecule has 0 aromatic rings. The van der Waals surface area contributed by atoms with Gasteiger partial charge in [-0.25, -0.2) is 0 Å². The van der Waals surface area contributed by atoms with Crippen LogP contribution in [0, 0.1) is 5.92 Å². The molecule has 1 heterocycles. The maximum Gasteiger partial charge on any atom is 0.234 e. The molecule has 0 aromatic carbocycles. The number of amides is 1. The zero-order valence-electron chi connectivity index (χ0n) is 12.2. The molecule has 1 rings (SSSR count). The minimum Gasteiger partial charge on any atom is -0.355 e. The molecule has 0 radical (unpaired) electrons. The van der Waals surface area contributed by atoms with E-state index in [0.29, 0.717) is 18.5 Å². The van der Waals surface area contributed by atoms with E-state index >= 15 is 0 Å². The maximum absolute atomic E-state index is 11.6. The van der Waals surface area contributed by atoms with Gasteiger partial charge in [0, 0.05) is 12.6 Å². The number of hydrogen-bond donors (Lipinski definition) is 2. The largest absolute Gasteiger partial charge is 0.355 e. The van der Waals surface area contributed by atoms with Crippen molar-refractivity contribution < 1.29 is 4.79 Å². The predicted molar refractivity (Wildman–Crippen MR) is 75.6 cm³/mol. The van der Waals surface area contributed by atoms with E-state index in [4.69, 9.17) is 0 Å². The highest BCUT2D eigenvalue weighted by Crippen LogP contribution is 2.10. The van der Waals surface area contributed by atoms with Crippen molar-refractivity contribution in [2.45, 2.75) is 45.6 Å². The summed E-state index contributed by atoms with van der Waals surface area (Å²) in [6, 6.07) is 0.716. The van der Waals surface area contributed by atoms with Crippen molar-refractivity contribution in [2.24, 2.45) is 5.92 Å². The van der Waals surface area contributed by atoms with Crippen LogP contribution in [0.1, 0.15) is 39.5 Å². The van der Waals surface area contributed by atoms with E-state index in [1.807, 2.05) is 7.05 Å². The molecule has 0 spiro atoms. The summed E-state index contributed by atoms with van der Waals surface area (Å²) in [6.07, 6.45) is 5.04. The number of rotatable bonds is 8. The first-order chi connectivity index (χ1) is 8.58. The second-order valence-corrected chi connectivity index (χ2v) is 5.87. The van der Waals surface area contributed by atoms with Gasteiger partial charge in [-0.3, -0.25) is 9.69 Å². The zero-order valence-corrected chi connectivity index (χ0v) is 12.2. The van der Waals surface area contributed by atoms with Crippen LogP contribution < -0.4 is 10.6 Å². The Morgan fingerprint density at radius 2 is 2.28 bits per heavy atom. The van der Waals surface area contributed by atoms with Gasteiger partial charge < -0.3 is 10.6 Å². The Morgan fingerprint density at radius 1 is 1.50 bits per heavy atom. The lowest BCUT2D eigenvalue weighted by Crippen LogP contribution is -2.37. The minimum absolute atomic E-state index is 0.144. The van der Waals surface area contributed by atoms with Crippen LogP contribution in [0.5, 0.6) is 0 Å². The van der Waals surface area contributed by atoms with Crippen molar-refractivity contribution in [3.63, 3.8) is 0 Å². The summed E-state index contributed by atoms with van der Waals surface area (Å²) in [7, 11) is 2.02. The van der Waals surface area contributed by atoms with Crippen LogP contribution in [0.15, 0.2) is 0 Å². The molecule has 106 valence electrons. The third-order valence-electron chi connectivity index (χ3n) is 3.38. The third-order valence-corrected chi connectivity index (χ3v) is 3.38. The van der Waals surface area contributed by atoms with E-state index in [1.54, 1.807) is 0 Å². The smallest absolute Gasteiger partial charge is 0.234 e. The van der Waals surface area contributed by atoms with Crippen molar-refractivity contribution in [3.8, 4) is 0 Å². The summed E-state index contributed by atoms with van der Waals surface area (Å²) < 4.78 is 0. The standard InChI is InChI=1S/C14H29N3O/c1-12(2)10-16-14(18)11-17(3)9-5-7-13-6-4-8-15-13/h12-13,15H,4-11H2,1-3H3,(H,16,18). The molecule has 1 saturated heterocycles. The van der Waals surface area contributed by atoms with E-state index in [9.17, 15) is 4.79 Å². The van der Waals surface area contributed by atoms with Gasteiger partial charge in [0.25, 0.3) is 0 Å². The number of likely N-dealkylation sites (N-methyl/N-ethyl adjacent to an activating group) is 1. The molecule has 4 nitrogen and oxygen atoms in total. The summed E-state index contributed by atoms with van der Waals surface area (Å²) in [6.45, 7) is 7.70. The van der Waals surface area contributed by atoms with Crippen LogP contribution in [-0.2, 0) is 4.79 Å². The lowest BCUT2D eigenvalue weighted by molar-refractivity contribution is -0.122. The van der Waals surface area contributed by atoms with Gasteiger partial charge in [-0.05, 0) is 51.7 Å². The molecule has 0 aliphatic carbocycles. The van der Waals surface area contributed by atoms with Gasteiger partial charge in [-0.15, -0.1) is 0 Å². The molecule has 1 atom stereocenters. The number of carbonyl (C=O) groups is 1. The maximum atomic E-state index is 11.6. The van der Waals surface area contributed by atoms with Gasteiger partial charge in [-0.1, -0.05) is 13.8 Å². The Bertz CT molecular complexity index is 237. The second kappa shape index (κ2) is 8.48. The molecule has 18 heavy (non-hydrogen) atoms. The molecule has 0 aromatic heterocycles. The van der Waals surface area contributed by atoms with E-state index in [2.05, 4.69) is 29.4 Å². The first-order valence-corrected chi connectivity index (χ1v) is 7.26. The lowest BCUT2D eigenvalue weighted by atomic mass is 10.1. The van der Waals surface area contributed by atoms with E-state index in [1.165, 1.54) is 32.2 Å². The fourth-order valence-electron chi connectivity index (χ4n) is 2.31. The predicted octanol–water partition coefficient (Wildman–Crippen LogP) is 1.22. The Balaban J connectivity index is 2.01. The van der Waals surface area contributed by atoms with Gasteiger partial charge in [0.05, 0.1) is 6.54 Å². The molecule has 1 aliphatic rings. The fourth-order valence-corrected chi connectivity index (χ4v) is 2.31. The average Bonchev–Trinajstić information content (AvgIpc) is 2.79. The van der Waals surface area contributed by atoms with Crippen LogP contribution >= 0.6 is 0 Å². The van der Waals surface area contributed by atoms with E-state index < -0.39 is 0 Å². The summed E-state index contributed by atoms with van der Waals surface area (Å²) in [4.78, 5) is 13.7. The Kier molecular flexibility index (Phi) is 7.28. The highest BCUT2D eigenvalue weighted by atomic mass is 16.2. The molecule has 0 saturated carbocycles. The quantitative estimate of drug-likeness (QED) is 0.685. The molecule has 4 heteroatoms. The Morgan fingerprint density at radius 3 is 2.89 bits per heavy atom. The first-order valence-electron chi connectivity index (χ1n) is 7.26. The van der Waals surface area contributed by atoms with Gasteiger partial charge >= 0.3 is 0 Å². The molecular weight excluding hydrogens is 226 g/mol. The number of carbonyl (C=O) groups excluding carboxylic acids is 1. The van der Waals surface area contributed by atoms with Crippen molar-refractivity contribution in [1.29, 1.82) is 0 Å². The highest BCUT2D eigenvalue weighted by Gasteiger charge is 2.13. The highest BCUT2D eigenvalue weighted by molar-refractivity contribution is 5.77. The summed E-state index contributed by atoms with van der Waals surface area (Å²) in [5.41, 5.74) is 0. The first kappa shape index (κ1) is 15.4. The van der Waals surface area contributed by atoms with Crippen molar-refractivity contribution in [1.82, 2.24) is 15.5 Å². The summed E-state index contributed by atoms with van der Waals surface area (Å²) in [5, 5.41) is 6.46. The number of nitrogens with zero attached hydrogens (tertiary/aromatic N) is 1. The second-order valence-electron chi connectivity index (χ2n) is 5.87. The van der Waals surface area contributed by atoms with E-state index in [0.717, 1.165) is 13.1 Å². The molecule has 1 fully saturated rings. The number of nitrogens with one attached hydrogen (secondary N) is 2. The van der Waals surface area contributed by atoms with Gasteiger partial charge in [0.1, 0.15) is 0 Å². The molecule has 2 N–H and O–H groups in total. The molecule has 1 amide bonds. The zero-order chi connectivity index (χ0) is 13.4. The van der Waals surface area contributed by atoms with Crippen LogP contribution in [-0.4, -0.2) is 50.1 Å². The molecule has 1 unspecified atom stereocenters. The van der Waals surface area contributed by atoms with Crippen molar-refractivity contribution in [2.75, 3.05) is 33.2 Å². The topological polar surface area (TPSA) is 44.4 Å². The van der Waals surface area contributed by atoms with Crippen LogP contribution in [0.25, 0.3) is 0 Å². The molecule has 1 aliphatic heterocycles.